The first-order valence-electron chi connectivity index (χ1n) is 6.77. The van der Waals surface area contributed by atoms with Crippen LogP contribution in [0, 0.1) is 5.82 Å². The minimum absolute atomic E-state index is 0.0570. The van der Waals surface area contributed by atoms with Gasteiger partial charge in [0, 0.05) is 6.04 Å². The molecule has 1 aromatic carbocycles. The molecule has 1 rings (SSSR count). The molecule has 2 atom stereocenters. The van der Waals surface area contributed by atoms with E-state index in [0.717, 1.165) is 24.9 Å². The summed E-state index contributed by atoms with van der Waals surface area (Å²) >= 11 is 0. The van der Waals surface area contributed by atoms with E-state index in [1.165, 1.54) is 0 Å². The maximum absolute atomic E-state index is 13.9. The number of halogens is 1. The Bertz CT molecular complexity index is 368. The van der Waals surface area contributed by atoms with Gasteiger partial charge in [-0.1, -0.05) is 26.3 Å². The zero-order chi connectivity index (χ0) is 13.5. The summed E-state index contributed by atoms with van der Waals surface area (Å²) in [4.78, 5) is 0. The highest BCUT2D eigenvalue weighted by Gasteiger charge is 2.11. The molecule has 1 aromatic rings. The van der Waals surface area contributed by atoms with Crippen LogP contribution in [0.4, 0.5) is 4.39 Å². The normalized spacial score (nSPS) is 14.3. The van der Waals surface area contributed by atoms with Crippen LogP contribution in [0.1, 0.15) is 52.1 Å². The molecule has 2 unspecified atom stereocenters. The Morgan fingerprint density at radius 3 is 2.56 bits per heavy atom. The van der Waals surface area contributed by atoms with Gasteiger partial charge in [-0.3, -0.25) is 0 Å². The van der Waals surface area contributed by atoms with E-state index in [0.29, 0.717) is 5.75 Å². The number of benzene rings is 1. The average Bonchev–Trinajstić information content (AvgIpc) is 2.32. The van der Waals surface area contributed by atoms with Crippen molar-refractivity contribution in [2.24, 2.45) is 0 Å². The van der Waals surface area contributed by atoms with Crippen LogP contribution in [0.5, 0.6) is 5.75 Å². The minimum Gasteiger partial charge on any atom is -0.488 e. The van der Waals surface area contributed by atoms with Gasteiger partial charge in [-0.2, -0.15) is 0 Å². The SMILES string of the molecule is CCCC(C)Oc1ccc(C(C)NCC)cc1F. The molecule has 0 fully saturated rings. The summed E-state index contributed by atoms with van der Waals surface area (Å²) in [5, 5.41) is 3.26. The third kappa shape index (κ3) is 4.30. The van der Waals surface area contributed by atoms with E-state index < -0.39 is 0 Å². The van der Waals surface area contributed by atoms with Crippen molar-refractivity contribution in [3.05, 3.63) is 29.6 Å². The monoisotopic (exact) mass is 253 g/mol. The summed E-state index contributed by atoms with van der Waals surface area (Å²) in [7, 11) is 0. The second-order valence-corrected chi connectivity index (χ2v) is 4.69. The molecule has 0 aliphatic rings. The van der Waals surface area contributed by atoms with Gasteiger partial charge in [-0.15, -0.1) is 0 Å². The zero-order valence-electron chi connectivity index (χ0n) is 11.8. The first kappa shape index (κ1) is 15.0. The number of hydrogen-bond acceptors (Lipinski definition) is 2. The van der Waals surface area contributed by atoms with Crippen LogP contribution >= 0.6 is 0 Å². The fraction of sp³-hybridized carbons (Fsp3) is 0.600. The Morgan fingerprint density at radius 1 is 1.28 bits per heavy atom. The molecule has 0 aromatic heterocycles. The Labute approximate surface area is 110 Å². The number of nitrogens with one attached hydrogen (secondary N) is 1. The molecule has 0 saturated carbocycles. The highest BCUT2D eigenvalue weighted by Crippen LogP contribution is 2.23. The van der Waals surface area contributed by atoms with Crippen molar-refractivity contribution in [1.82, 2.24) is 5.32 Å². The van der Waals surface area contributed by atoms with Gasteiger partial charge >= 0.3 is 0 Å². The van der Waals surface area contributed by atoms with Crippen LogP contribution in [0.25, 0.3) is 0 Å². The molecule has 18 heavy (non-hydrogen) atoms. The van der Waals surface area contributed by atoms with Gasteiger partial charge in [0.15, 0.2) is 11.6 Å². The van der Waals surface area contributed by atoms with Gasteiger partial charge in [-0.25, -0.2) is 4.39 Å². The van der Waals surface area contributed by atoms with Crippen LogP contribution in [0.3, 0.4) is 0 Å². The molecule has 0 aliphatic carbocycles. The lowest BCUT2D eigenvalue weighted by atomic mass is 10.1. The van der Waals surface area contributed by atoms with Gasteiger partial charge in [0.1, 0.15) is 0 Å². The summed E-state index contributed by atoms with van der Waals surface area (Å²) in [6.45, 7) is 9.00. The van der Waals surface area contributed by atoms with E-state index in [9.17, 15) is 4.39 Å². The third-order valence-electron chi connectivity index (χ3n) is 2.99. The Balaban J connectivity index is 2.73. The van der Waals surface area contributed by atoms with Crippen LogP contribution in [0.15, 0.2) is 18.2 Å². The van der Waals surface area contributed by atoms with Gasteiger partial charge in [0.2, 0.25) is 0 Å². The van der Waals surface area contributed by atoms with Crippen molar-refractivity contribution >= 4 is 0 Å². The first-order chi connectivity index (χ1) is 8.58. The molecule has 2 nitrogen and oxygen atoms in total. The van der Waals surface area contributed by atoms with Gasteiger partial charge in [-0.05, 0) is 44.5 Å². The Hall–Kier alpha value is -1.09. The van der Waals surface area contributed by atoms with Crippen LogP contribution in [-0.2, 0) is 0 Å². The number of ether oxygens (including phenoxy) is 1. The molecule has 0 spiro atoms. The fourth-order valence-corrected chi connectivity index (χ4v) is 1.99. The molecule has 3 heteroatoms. The predicted octanol–water partition coefficient (Wildman–Crippen LogP) is 4.06. The lowest BCUT2D eigenvalue weighted by Crippen LogP contribution is -2.18. The van der Waals surface area contributed by atoms with E-state index in [1.54, 1.807) is 12.1 Å². The molecule has 0 heterocycles. The second kappa shape index (κ2) is 7.37. The molecule has 1 N–H and O–H groups in total. The van der Waals surface area contributed by atoms with Crippen molar-refractivity contribution in [3.63, 3.8) is 0 Å². The van der Waals surface area contributed by atoms with Crippen molar-refractivity contribution < 1.29 is 9.13 Å². The van der Waals surface area contributed by atoms with Crippen LogP contribution < -0.4 is 10.1 Å². The van der Waals surface area contributed by atoms with Gasteiger partial charge in [0.25, 0.3) is 0 Å². The topological polar surface area (TPSA) is 21.3 Å². The van der Waals surface area contributed by atoms with Crippen LogP contribution in [0.2, 0.25) is 0 Å². The van der Waals surface area contributed by atoms with Gasteiger partial charge in [0.05, 0.1) is 6.10 Å². The van der Waals surface area contributed by atoms with Crippen molar-refractivity contribution in [2.75, 3.05) is 6.54 Å². The third-order valence-corrected chi connectivity index (χ3v) is 2.99. The summed E-state index contributed by atoms with van der Waals surface area (Å²) in [6, 6.07) is 5.36. The summed E-state index contributed by atoms with van der Waals surface area (Å²) < 4.78 is 19.5. The van der Waals surface area contributed by atoms with E-state index >= 15 is 0 Å². The van der Waals surface area contributed by atoms with E-state index in [2.05, 4.69) is 12.2 Å². The summed E-state index contributed by atoms with van der Waals surface area (Å²) in [5.74, 6) is 0.0728. The largest absolute Gasteiger partial charge is 0.488 e. The van der Waals surface area contributed by atoms with E-state index in [-0.39, 0.29) is 18.0 Å². The minimum atomic E-state index is -0.278. The molecule has 0 aliphatic heterocycles. The molecule has 0 amide bonds. The summed E-state index contributed by atoms with van der Waals surface area (Å²) in [6.07, 6.45) is 2.04. The van der Waals surface area contributed by atoms with Crippen LogP contribution in [-0.4, -0.2) is 12.6 Å². The fourth-order valence-electron chi connectivity index (χ4n) is 1.99. The number of rotatable bonds is 7. The van der Waals surface area contributed by atoms with E-state index in [4.69, 9.17) is 4.74 Å². The molecular weight excluding hydrogens is 229 g/mol. The molecular formula is C15H24FNO. The quantitative estimate of drug-likeness (QED) is 0.791. The molecule has 0 saturated heterocycles. The van der Waals surface area contributed by atoms with E-state index in [1.807, 2.05) is 26.8 Å². The maximum Gasteiger partial charge on any atom is 0.165 e. The standard InChI is InChI=1S/C15H24FNO/c1-5-7-11(3)18-15-9-8-13(10-14(15)16)12(4)17-6-2/h8-12,17H,5-7H2,1-4H3. The van der Waals surface area contributed by atoms with Crippen molar-refractivity contribution in [2.45, 2.75) is 52.7 Å². The van der Waals surface area contributed by atoms with Crippen molar-refractivity contribution in [3.8, 4) is 5.75 Å². The Kier molecular flexibility index (Phi) is 6.13. The van der Waals surface area contributed by atoms with Crippen molar-refractivity contribution in [1.29, 1.82) is 0 Å². The number of hydrogen-bond donors (Lipinski definition) is 1. The highest BCUT2D eigenvalue weighted by molar-refractivity contribution is 5.31. The molecule has 102 valence electrons. The lowest BCUT2D eigenvalue weighted by Gasteiger charge is -2.17. The predicted molar refractivity (Wildman–Crippen MR) is 73.5 cm³/mol. The molecule has 0 bridgehead atoms. The highest BCUT2D eigenvalue weighted by atomic mass is 19.1. The zero-order valence-corrected chi connectivity index (χ0v) is 11.8. The average molecular weight is 253 g/mol. The van der Waals surface area contributed by atoms with Gasteiger partial charge < -0.3 is 10.1 Å². The smallest absolute Gasteiger partial charge is 0.165 e. The summed E-state index contributed by atoms with van der Waals surface area (Å²) in [5.41, 5.74) is 0.949. The second-order valence-electron chi connectivity index (χ2n) is 4.69. The first-order valence-corrected chi connectivity index (χ1v) is 6.77. The lowest BCUT2D eigenvalue weighted by molar-refractivity contribution is 0.200. The molecule has 0 radical (unpaired) electrons. The Morgan fingerprint density at radius 2 is 2.00 bits per heavy atom. The maximum atomic E-state index is 13.9.